The maximum Gasteiger partial charge on any atom is 0.412 e. The summed E-state index contributed by atoms with van der Waals surface area (Å²) >= 11 is 1.58. The summed E-state index contributed by atoms with van der Waals surface area (Å²) < 4.78 is 10.6. The minimum atomic E-state index is -0.622. The molecule has 0 heterocycles. The first-order valence-electron chi connectivity index (χ1n) is 8.77. The molecule has 2 aromatic carbocycles. The number of methoxy groups -OCH3 is 1. The van der Waals surface area contributed by atoms with E-state index in [-0.39, 0.29) is 5.91 Å². The SMILES string of the molecule is COc1ccc(NC(=O)c2cc(SC)ccc2C)cc1NC(=O)OC(C)(C)C. The van der Waals surface area contributed by atoms with Gasteiger partial charge in [-0.25, -0.2) is 4.79 Å². The van der Waals surface area contributed by atoms with E-state index < -0.39 is 11.7 Å². The van der Waals surface area contributed by atoms with Gasteiger partial charge in [0.15, 0.2) is 0 Å². The maximum atomic E-state index is 12.7. The third-order valence-electron chi connectivity index (χ3n) is 3.78. The average Bonchev–Trinajstić information content (AvgIpc) is 2.60. The number of hydrogen-bond acceptors (Lipinski definition) is 5. The Balaban J connectivity index is 2.23. The van der Waals surface area contributed by atoms with Gasteiger partial charge in [0.1, 0.15) is 11.4 Å². The minimum absolute atomic E-state index is 0.221. The molecule has 7 heteroatoms. The molecule has 2 amide bonds. The van der Waals surface area contributed by atoms with Crippen molar-refractivity contribution in [2.24, 2.45) is 0 Å². The number of aryl methyl sites for hydroxylation is 1. The van der Waals surface area contributed by atoms with Crippen molar-refractivity contribution in [3.63, 3.8) is 0 Å². The molecule has 150 valence electrons. The molecular formula is C21H26N2O4S. The van der Waals surface area contributed by atoms with Gasteiger partial charge < -0.3 is 14.8 Å². The van der Waals surface area contributed by atoms with Crippen molar-refractivity contribution in [3.05, 3.63) is 47.5 Å². The third-order valence-corrected chi connectivity index (χ3v) is 4.51. The van der Waals surface area contributed by atoms with Crippen molar-refractivity contribution in [3.8, 4) is 5.75 Å². The first kappa shape index (κ1) is 21.6. The highest BCUT2D eigenvalue weighted by molar-refractivity contribution is 7.98. The number of carbonyl (C=O) groups is 2. The van der Waals surface area contributed by atoms with Gasteiger partial charge in [-0.2, -0.15) is 0 Å². The van der Waals surface area contributed by atoms with Crippen LogP contribution in [0, 0.1) is 6.92 Å². The van der Waals surface area contributed by atoms with E-state index >= 15 is 0 Å². The van der Waals surface area contributed by atoms with Crippen molar-refractivity contribution >= 4 is 35.1 Å². The summed E-state index contributed by atoms with van der Waals surface area (Å²) in [5.74, 6) is 0.242. The fourth-order valence-electron chi connectivity index (χ4n) is 2.47. The Morgan fingerprint density at radius 3 is 2.36 bits per heavy atom. The molecule has 0 fully saturated rings. The quantitative estimate of drug-likeness (QED) is 0.662. The number of hydrogen-bond donors (Lipinski definition) is 2. The van der Waals surface area contributed by atoms with Gasteiger partial charge in [0.2, 0.25) is 0 Å². The Kier molecular flexibility index (Phi) is 6.96. The van der Waals surface area contributed by atoms with Crippen LogP contribution >= 0.6 is 11.8 Å². The van der Waals surface area contributed by atoms with Gasteiger partial charge in [-0.1, -0.05) is 6.07 Å². The largest absolute Gasteiger partial charge is 0.495 e. The predicted octanol–water partition coefficient (Wildman–Crippen LogP) is 5.32. The molecule has 0 radical (unpaired) electrons. The van der Waals surface area contributed by atoms with Crippen molar-refractivity contribution in [2.75, 3.05) is 24.0 Å². The second-order valence-corrected chi connectivity index (χ2v) is 8.06. The van der Waals surface area contributed by atoms with Gasteiger partial charge in [0.05, 0.1) is 12.8 Å². The summed E-state index contributed by atoms with van der Waals surface area (Å²) in [6, 6.07) is 10.8. The van der Waals surface area contributed by atoms with E-state index in [2.05, 4.69) is 10.6 Å². The van der Waals surface area contributed by atoms with Crippen molar-refractivity contribution in [2.45, 2.75) is 38.2 Å². The van der Waals surface area contributed by atoms with Crippen LogP contribution in [0.15, 0.2) is 41.3 Å². The second-order valence-electron chi connectivity index (χ2n) is 7.18. The van der Waals surface area contributed by atoms with Crippen LogP contribution in [-0.2, 0) is 4.74 Å². The van der Waals surface area contributed by atoms with E-state index in [9.17, 15) is 9.59 Å². The molecule has 6 nitrogen and oxygen atoms in total. The fraction of sp³-hybridized carbons (Fsp3) is 0.333. The number of rotatable bonds is 5. The molecule has 0 aromatic heterocycles. The number of ether oxygens (including phenoxy) is 2. The summed E-state index contributed by atoms with van der Waals surface area (Å²) in [6.07, 6.45) is 1.36. The number of carbonyl (C=O) groups excluding carboxylic acids is 2. The molecule has 2 rings (SSSR count). The molecule has 0 spiro atoms. The van der Waals surface area contributed by atoms with Gasteiger partial charge in [-0.3, -0.25) is 10.1 Å². The van der Waals surface area contributed by atoms with Crippen molar-refractivity contribution in [1.82, 2.24) is 0 Å². The standard InChI is InChI=1S/C21H26N2O4S/c1-13-7-9-15(28-6)12-16(13)19(24)22-14-8-10-18(26-5)17(11-14)23-20(25)27-21(2,3)4/h7-12H,1-6H3,(H,22,24)(H,23,25). The molecule has 0 saturated carbocycles. The lowest BCUT2D eigenvalue weighted by molar-refractivity contribution is 0.0635. The normalized spacial score (nSPS) is 10.9. The van der Waals surface area contributed by atoms with E-state index in [1.807, 2.05) is 31.4 Å². The Labute approximate surface area is 170 Å². The topological polar surface area (TPSA) is 76.7 Å². The van der Waals surface area contributed by atoms with Crippen LogP contribution in [-0.4, -0.2) is 31.0 Å². The molecule has 0 aliphatic heterocycles. The van der Waals surface area contributed by atoms with Crippen LogP contribution in [0.3, 0.4) is 0 Å². The summed E-state index contributed by atoms with van der Waals surface area (Å²) in [5, 5.41) is 5.53. The van der Waals surface area contributed by atoms with Crippen LogP contribution in [0.2, 0.25) is 0 Å². The van der Waals surface area contributed by atoms with Crippen LogP contribution < -0.4 is 15.4 Å². The monoisotopic (exact) mass is 402 g/mol. The smallest absolute Gasteiger partial charge is 0.412 e. The summed E-state index contributed by atoms with van der Waals surface area (Å²) in [5.41, 5.74) is 1.80. The first-order chi connectivity index (χ1) is 13.1. The molecule has 2 aromatic rings. The van der Waals surface area contributed by atoms with E-state index in [1.54, 1.807) is 50.7 Å². The first-order valence-corrected chi connectivity index (χ1v) is 9.99. The number of anilines is 2. The van der Waals surface area contributed by atoms with E-state index in [0.717, 1.165) is 10.5 Å². The van der Waals surface area contributed by atoms with Crippen molar-refractivity contribution in [1.29, 1.82) is 0 Å². The lowest BCUT2D eigenvalue weighted by atomic mass is 10.1. The Bertz CT molecular complexity index is 875. The highest BCUT2D eigenvalue weighted by atomic mass is 32.2. The average molecular weight is 403 g/mol. The number of amides is 2. The Hall–Kier alpha value is -2.67. The van der Waals surface area contributed by atoms with Gasteiger partial charge in [-0.15, -0.1) is 11.8 Å². The molecular weight excluding hydrogens is 376 g/mol. The van der Waals surface area contributed by atoms with Gasteiger partial charge in [0, 0.05) is 16.1 Å². The molecule has 0 aliphatic carbocycles. The van der Waals surface area contributed by atoms with E-state index in [1.165, 1.54) is 7.11 Å². The fourth-order valence-corrected chi connectivity index (χ4v) is 2.91. The maximum absolute atomic E-state index is 12.7. The zero-order valence-electron chi connectivity index (χ0n) is 17.0. The summed E-state index contributed by atoms with van der Waals surface area (Å²) in [4.78, 5) is 25.8. The van der Waals surface area contributed by atoms with Crippen LogP contribution in [0.25, 0.3) is 0 Å². The molecule has 0 bridgehead atoms. The van der Waals surface area contributed by atoms with E-state index in [4.69, 9.17) is 9.47 Å². The third kappa shape index (κ3) is 5.92. The minimum Gasteiger partial charge on any atom is -0.495 e. The van der Waals surface area contributed by atoms with E-state index in [0.29, 0.717) is 22.7 Å². The number of benzene rings is 2. The van der Waals surface area contributed by atoms with Crippen LogP contribution in [0.4, 0.5) is 16.2 Å². The molecule has 0 atom stereocenters. The Morgan fingerprint density at radius 1 is 1.04 bits per heavy atom. The van der Waals surface area contributed by atoms with Gasteiger partial charge in [-0.05, 0) is 69.8 Å². The van der Waals surface area contributed by atoms with Crippen LogP contribution in [0.1, 0.15) is 36.7 Å². The van der Waals surface area contributed by atoms with Crippen molar-refractivity contribution < 1.29 is 19.1 Å². The van der Waals surface area contributed by atoms with Gasteiger partial charge in [0.25, 0.3) is 5.91 Å². The lowest BCUT2D eigenvalue weighted by Gasteiger charge is -2.20. The van der Waals surface area contributed by atoms with Crippen LogP contribution in [0.5, 0.6) is 5.75 Å². The summed E-state index contributed by atoms with van der Waals surface area (Å²) in [7, 11) is 1.51. The second kappa shape index (κ2) is 9.01. The molecule has 0 saturated heterocycles. The molecule has 0 aliphatic rings. The molecule has 2 N–H and O–H groups in total. The zero-order valence-corrected chi connectivity index (χ0v) is 17.8. The number of thioether (sulfide) groups is 1. The lowest BCUT2D eigenvalue weighted by Crippen LogP contribution is -2.27. The predicted molar refractivity (Wildman–Crippen MR) is 114 cm³/mol. The molecule has 28 heavy (non-hydrogen) atoms. The molecule has 0 unspecified atom stereocenters. The Morgan fingerprint density at radius 2 is 1.75 bits per heavy atom. The highest BCUT2D eigenvalue weighted by Gasteiger charge is 2.18. The summed E-state index contributed by atoms with van der Waals surface area (Å²) in [6.45, 7) is 7.24. The van der Waals surface area contributed by atoms with Gasteiger partial charge >= 0.3 is 6.09 Å². The zero-order chi connectivity index (χ0) is 20.9. The number of nitrogens with one attached hydrogen (secondary N) is 2. The highest BCUT2D eigenvalue weighted by Crippen LogP contribution is 2.29.